The number of hydrogen-bond donors (Lipinski definition) is 1. The summed E-state index contributed by atoms with van der Waals surface area (Å²) in [7, 11) is 0. The lowest BCUT2D eigenvalue weighted by atomic mass is 9.95. The maximum Gasteiger partial charge on any atom is 0.104 e. The fourth-order valence-corrected chi connectivity index (χ4v) is 3.15. The summed E-state index contributed by atoms with van der Waals surface area (Å²) in [6.45, 7) is 13.6. The van der Waals surface area contributed by atoms with Crippen LogP contribution in [-0.4, -0.2) is 48.3 Å². The van der Waals surface area contributed by atoms with E-state index in [0.717, 1.165) is 45.4 Å². The number of nitrogens with zero attached hydrogens (tertiary/aromatic N) is 2. The molecule has 0 aromatic carbocycles. The van der Waals surface area contributed by atoms with Gasteiger partial charge >= 0.3 is 0 Å². The number of rotatable bonds is 8. The Kier molecular flexibility index (Phi) is 7.65. The van der Waals surface area contributed by atoms with Crippen molar-refractivity contribution in [2.75, 3.05) is 19.7 Å². The van der Waals surface area contributed by atoms with Crippen LogP contribution < -0.4 is 5.32 Å². The van der Waals surface area contributed by atoms with Gasteiger partial charge in [0.15, 0.2) is 0 Å². The Bertz CT molecular complexity index is 339. The summed E-state index contributed by atoms with van der Waals surface area (Å²) < 4.78 is 5.74. The predicted molar refractivity (Wildman–Crippen MR) is 87.2 cm³/mol. The first-order chi connectivity index (χ1) is 9.90. The zero-order valence-electron chi connectivity index (χ0n) is 14.5. The molecule has 0 saturated carbocycles. The summed E-state index contributed by atoms with van der Waals surface area (Å²) in [5.74, 6) is 0. The Morgan fingerprint density at radius 1 is 1.43 bits per heavy atom. The third-order valence-corrected chi connectivity index (χ3v) is 4.28. The van der Waals surface area contributed by atoms with Crippen molar-refractivity contribution in [2.45, 2.75) is 84.0 Å². The second-order valence-corrected chi connectivity index (χ2v) is 6.90. The van der Waals surface area contributed by atoms with Crippen LogP contribution in [0, 0.1) is 11.3 Å². The molecule has 4 nitrogen and oxygen atoms in total. The molecule has 1 rings (SSSR count). The molecule has 0 aromatic heterocycles. The Balaban J connectivity index is 2.33. The molecule has 0 aliphatic carbocycles. The zero-order chi connectivity index (χ0) is 15.9. The van der Waals surface area contributed by atoms with Gasteiger partial charge in [0.25, 0.3) is 0 Å². The van der Waals surface area contributed by atoms with Gasteiger partial charge in [-0.15, -0.1) is 0 Å². The lowest BCUT2D eigenvalue weighted by Crippen LogP contribution is -2.49. The Morgan fingerprint density at radius 3 is 2.71 bits per heavy atom. The van der Waals surface area contributed by atoms with E-state index in [1.54, 1.807) is 0 Å². The monoisotopic (exact) mass is 295 g/mol. The first-order valence-corrected chi connectivity index (χ1v) is 8.44. The minimum absolute atomic E-state index is 0.346. The van der Waals surface area contributed by atoms with E-state index in [1.165, 1.54) is 0 Å². The average Bonchev–Trinajstić information content (AvgIpc) is 2.43. The molecule has 3 atom stereocenters. The SMILES string of the molecule is CCC1COC(C)CN1CCCCC(C)(C#N)NC(C)C. The molecular formula is C17H33N3O. The fraction of sp³-hybridized carbons (Fsp3) is 0.941. The molecule has 1 heterocycles. The largest absolute Gasteiger partial charge is 0.376 e. The van der Waals surface area contributed by atoms with Crippen molar-refractivity contribution >= 4 is 0 Å². The number of nitriles is 1. The van der Waals surface area contributed by atoms with E-state index in [4.69, 9.17) is 4.74 Å². The topological polar surface area (TPSA) is 48.3 Å². The molecule has 0 spiro atoms. The third kappa shape index (κ3) is 6.34. The van der Waals surface area contributed by atoms with Crippen molar-refractivity contribution in [1.82, 2.24) is 10.2 Å². The van der Waals surface area contributed by atoms with Crippen LogP contribution in [-0.2, 0) is 4.74 Å². The van der Waals surface area contributed by atoms with Gasteiger partial charge in [-0.3, -0.25) is 10.2 Å². The Hall–Kier alpha value is -0.630. The standard InChI is InChI=1S/C17H33N3O/c1-6-16-12-21-15(4)11-20(16)10-8-7-9-17(5,13-18)19-14(2)3/h14-16,19H,6-12H2,1-5H3. The number of hydrogen-bond acceptors (Lipinski definition) is 4. The summed E-state index contributed by atoms with van der Waals surface area (Å²) in [5.41, 5.74) is -0.392. The Labute approximate surface area is 130 Å². The maximum absolute atomic E-state index is 9.36. The molecule has 21 heavy (non-hydrogen) atoms. The molecule has 1 saturated heterocycles. The van der Waals surface area contributed by atoms with Crippen molar-refractivity contribution in [2.24, 2.45) is 0 Å². The lowest BCUT2D eigenvalue weighted by molar-refractivity contribution is -0.0561. The normalized spacial score (nSPS) is 26.5. The number of morpholine rings is 1. The highest BCUT2D eigenvalue weighted by Gasteiger charge is 2.26. The lowest BCUT2D eigenvalue weighted by Gasteiger charge is -2.38. The van der Waals surface area contributed by atoms with Crippen LogP contribution in [0.2, 0.25) is 0 Å². The van der Waals surface area contributed by atoms with Crippen LogP contribution in [0.4, 0.5) is 0 Å². The quantitative estimate of drug-likeness (QED) is 0.699. The van der Waals surface area contributed by atoms with Crippen LogP contribution in [0.25, 0.3) is 0 Å². The minimum Gasteiger partial charge on any atom is -0.376 e. The van der Waals surface area contributed by atoms with Gasteiger partial charge in [0, 0.05) is 18.6 Å². The maximum atomic E-state index is 9.36. The van der Waals surface area contributed by atoms with E-state index >= 15 is 0 Å². The van der Waals surface area contributed by atoms with Gasteiger partial charge in [0.1, 0.15) is 5.54 Å². The second kappa shape index (κ2) is 8.73. The molecule has 1 fully saturated rings. The molecule has 3 unspecified atom stereocenters. The summed E-state index contributed by atoms with van der Waals surface area (Å²) in [6, 6.07) is 3.34. The van der Waals surface area contributed by atoms with Crippen LogP contribution >= 0.6 is 0 Å². The predicted octanol–water partition coefficient (Wildman–Crippen LogP) is 2.94. The highest BCUT2D eigenvalue weighted by Crippen LogP contribution is 2.18. The first kappa shape index (κ1) is 18.4. The summed E-state index contributed by atoms with van der Waals surface area (Å²) in [6.07, 6.45) is 4.65. The molecule has 0 bridgehead atoms. The van der Waals surface area contributed by atoms with Crippen molar-refractivity contribution < 1.29 is 4.74 Å². The van der Waals surface area contributed by atoms with Gasteiger partial charge in [-0.2, -0.15) is 5.26 Å². The van der Waals surface area contributed by atoms with Crippen LogP contribution in [0.1, 0.15) is 60.3 Å². The van der Waals surface area contributed by atoms with Gasteiger partial charge < -0.3 is 4.74 Å². The van der Waals surface area contributed by atoms with E-state index in [9.17, 15) is 5.26 Å². The second-order valence-electron chi connectivity index (χ2n) is 6.90. The van der Waals surface area contributed by atoms with Crippen molar-refractivity contribution in [3.05, 3.63) is 0 Å². The molecule has 1 aliphatic rings. The first-order valence-electron chi connectivity index (χ1n) is 8.44. The third-order valence-electron chi connectivity index (χ3n) is 4.28. The van der Waals surface area contributed by atoms with Gasteiger partial charge in [-0.05, 0) is 59.9 Å². The molecule has 0 radical (unpaired) electrons. The van der Waals surface area contributed by atoms with Crippen LogP contribution in [0.15, 0.2) is 0 Å². The van der Waals surface area contributed by atoms with Gasteiger partial charge in [-0.25, -0.2) is 0 Å². The van der Waals surface area contributed by atoms with Gasteiger partial charge in [0.05, 0.1) is 18.8 Å². The molecular weight excluding hydrogens is 262 g/mol. The van der Waals surface area contributed by atoms with E-state index in [1.807, 2.05) is 6.92 Å². The summed E-state index contributed by atoms with van der Waals surface area (Å²) in [5, 5.41) is 12.7. The zero-order valence-corrected chi connectivity index (χ0v) is 14.5. The van der Waals surface area contributed by atoms with Crippen LogP contribution in [0.5, 0.6) is 0 Å². The van der Waals surface area contributed by atoms with Crippen LogP contribution in [0.3, 0.4) is 0 Å². The summed E-state index contributed by atoms with van der Waals surface area (Å²) >= 11 is 0. The number of unbranched alkanes of at least 4 members (excludes halogenated alkanes) is 1. The van der Waals surface area contributed by atoms with E-state index in [2.05, 4.69) is 44.0 Å². The van der Waals surface area contributed by atoms with Gasteiger partial charge in [0.2, 0.25) is 0 Å². The fourth-order valence-electron chi connectivity index (χ4n) is 3.15. The van der Waals surface area contributed by atoms with Crippen molar-refractivity contribution in [3.8, 4) is 6.07 Å². The minimum atomic E-state index is -0.392. The van der Waals surface area contributed by atoms with E-state index < -0.39 is 5.54 Å². The van der Waals surface area contributed by atoms with Crippen molar-refractivity contribution in [3.63, 3.8) is 0 Å². The molecule has 1 N–H and O–H groups in total. The summed E-state index contributed by atoms with van der Waals surface area (Å²) in [4.78, 5) is 2.56. The number of ether oxygens (including phenoxy) is 1. The average molecular weight is 295 g/mol. The van der Waals surface area contributed by atoms with E-state index in [-0.39, 0.29) is 0 Å². The Morgan fingerprint density at radius 2 is 2.14 bits per heavy atom. The van der Waals surface area contributed by atoms with Gasteiger partial charge in [-0.1, -0.05) is 6.92 Å². The molecule has 4 heteroatoms. The molecule has 0 aromatic rings. The van der Waals surface area contributed by atoms with E-state index in [0.29, 0.717) is 18.2 Å². The van der Waals surface area contributed by atoms with Crippen molar-refractivity contribution in [1.29, 1.82) is 5.26 Å². The smallest absolute Gasteiger partial charge is 0.104 e. The highest BCUT2D eigenvalue weighted by atomic mass is 16.5. The molecule has 122 valence electrons. The molecule has 1 aliphatic heterocycles. The molecule has 0 amide bonds. The number of nitrogens with one attached hydrogen (secondary N) is 1. The highest BCUT2D eigenvalue weighted by molar-refractivity contribution is 5.04.